The van der Waals surface area contributed by atoms with Gasteiger partial charge in [-0.3, -0.25) is 4.79 Å². The van der Waals surface area contributed by atoms with Crippen LogP contribution in [-0.2, 0) is 21.1 Å². The summed E-state index contributed by atoms with van der Waals surface area (Å²) in [5.74, 6) is 0.702. The quantitative estimate of drug-likeness (QED) is 0.859. The number of sulfone groups is 1. The zero-order valence-electron chi connectivity index (χ0n) is 14.9. The molecule has 1 amide bonds. The van der Waals surface area contributed by atoms with E-state index in [0.29, 0.717) is 0 Å². The molecule has 6 heteroatoms. The fourth-order valence-electron chi connectivity index (χ4n) is 2.62. The van der Waals surface area contributed by atoms with Crippen LogP contribution >= 0.6 is 0 Å². The first-order valence-corrected chi connectivity index (χ1v) is 9.82. The summed E-state index contributed by atoms with van der Waals surface area (Å²) >= 11 is 0. The highest BCUT2D eigenvalue weighted by Gasteiger charge is 2.13. The van der Waals surface area contributed by atoms with E-state index in [4.69, 9.17) is 4.74 Å². The van der Waals surface area contributed by atoms with E-state index in [9.17, 15) is 13.2 Å². The second-order valence-electron chi connectivity index (χ2n) is 6.11. The molecule has 5 nitrogen and oxygen atoms in total. The molecule has 2 rings (SSSR count). The maximum atomic E-state index is 12.2. The Balaban J connectivity index is 2.01. The number of hydrogen-bond donors (Lipinski definition) is 1. The van der Waals surface area contributed by atoms with Crippen LogP contribution in [0.25, 0.3) is 0 Å². The van der Waals surface area contributed by atoms with Gasteiger partial charge in [0.2, 0.25) is 5.91 Å². The van der Waals surface area contributed by atoms with Gasteiger partial charge in [0.1, 0.15) is 5.75 Å². The molecule has 0 heterocycles. The number of hydrogen-bond acceptors (Lipinski definition) is 4. The SMILES string of the molecule is COc1ccc(CC(=O)N[C@@H](C)c2ccc(S(C)(=O)=O)cc2)cc1C. The highest BCUT2D eigenvalue weighted by atomic mass is 32.2. The Hall–Kier alpha value is -2.34. The van der Waals surface area contributed by atoms with Crippen molar-refractivity contribution in [2.75, 3.05) is 13.4 Å². The van der Waals surface area contributed by atoms with Crippen molar-refractivity contribution in [1.29, 1.82) is 0 Å². The second-order valence-corrected chi connectivity index (χ2v) is 8.13. The lowest BCUT2D eigenvalue weighted by atomic mass is 10.1. The van der Waals surface area contributed by atoms with Crippen molar-refractivity contribution in [3.05, 3.63) is 59.2 Å². The van der Waals surface area contributed by atoms with E-state index in [1.54, 1.807) is 31.4 Å². The summed E-state index contributed by atoms with van der Waals surface area (Å²) < 4.78 is 28.2. The number of carbonyl (C=O) groups excluding carboxylic acids is 1. The van der Waals surface area contributed by atoms with E-state index in [-0.39, 0.29) is 23.3 Å². The predicted molar refractivity (Wildman–Crippen MR) is 97.5 cm³/mol. The number of carbonyl (C=O) groups is 1. The molecule has 0 aliphatic rings. The Kier molecular flexibility index (Phi) is 5.85. The van der Waals surface area contributed by atoms with Crippen molar-refractivity contribution < 1.29 is 17.9 Å². The minimum absolute atomic E-state index is 0.0933. The van der Waals surface area contributed by atoms with Crippen molar-refractivity contribution in [3.8, 4) is 5.75 Å². The molecule has 0 bridgehead atoms. The van der Waals surface area contributed by atoms with Gasteiger partial charge in [0.05, 0.1) is 24.5 Å². The van der Waals surface area contributed by atoms with Gasteiger partial charge in [0.25, 0.3) is 0 Å². The Morgan fingerprint density at radius 3 is 2.32 bits per heavy atom. The fourth-order valence-corrected chi connectivity index (χ4v) is 3.25. The van der Waals surface area contributed by atoms with Crippen LogP contribution in [0.3, 0.4) is 0 Å². The number of aryl methyl sites for hydroxylation is 1. The molecular weight excluding hydrogens is 338 g/mol. The molecule has 0 radical (unpaired) electrons. The van der Waals surface area contributed by atoms with Gasteiger partial charge < -0.3 is 10.1 Å². The van der Waals surface area contributed by atoms with Gasteiger partial charge in [-0.05, 0) is 48.7 Å². The summed E-state index contributed by atoms with van der Waals surface area (Å²) in [6.07, 6.45) is 1.45. The Labute approximate surface area is 148 Å². The van der Waals surface area contributed by atoms with Gasteiger partial charge in [0, 0.05) is 6.26 Å². The van der Waals surface area contributed by atoms with E-state index in [0.717, 1.165) is 22.4 Å². The van der Waals surface area contributed by atoms with E-state index >= 15 is 0 Å². The van der Waals surface area contributed by atoms with Gasteiger partial charge >= 0.3 is 0 Å². The molecule has 2 aromatic carbocycles. The van der Waals surface area contributed by atoms with Crippen molar-refractivity contribution in [2.45, 2.75) is 31.2 Å². The topological polar surface area (TPSA) is 72.5 Å². The van der Waals surface area contributed by atoms with Crippen LogP contribution in [0.1, 0.15) is 29.7 Å². The van der Waals surface area contributed by atoms with Gasteiger partial charge in [-0.1, -0.05) is 24.3 Å². The molecule has 25 heavy (non-hydrogen) atoms. The third-order valence-corrected chi connectivity index (χ3v) is 5.14. The summed E-state index contributed by atoms with van der Waals surface area (Å²) in [5, 5.41) is 2.93. The summed E-state index contributed by atoms with van der Waals surface area (Å²) in [7, 11) is -1.60. The van der Waals surface area contributed by atoms with Crippen LogP contribution < -0.4 is 10.1 Å². The summed E-state index contributed by atoms with van der Waals surface area (Å²) in [6.45, 7) is 3.80. The average molecular weight is 361 g/mol. The number of amides is 1. The number of ether oxygens (including phenoxy) is 1. The zero-order valence-corrected chi connectivity index (χ0v) is 15.7. The van der Waals surface area contributed by atoms with Crippen LogP contribution in [0.15, 0.2) is 47.4 Å². The predicted octanol–water partition coefficient (Wildman–Crippen LogP) is 2.83. The second kappa shape index (κ2) is 7.70. The van der Waals surface area contributed by atoms with Crippen LogP contribution in [0.4, 0.5) is 0 Å². The fraction of sp³-hybridized carbons (Fsp3) is 0.316. The van der Waals surface area contributed by atoms with Crippen molar-refractivity contribution >= 4 is 15.7 Å². The van der Waals surface area contributed by atoms with Gasteiger partial charge in [0.15, 0.2) is 9.84 Å². The third kappa shape index (κ3) is 5.06. The summed E-state index contributed by atoms with van der Waals surface area (Å²) in [5.41, 5.74) is 2.75. The molecule has 0 saturated carbocycles. The molecule has 2 aromatic rings. The minimum atomic E-state index is -3.22. The van der Waals surface area contributed by atoms with E-state index in [2.05, 4.69) is 5.32 Å². The maximum absolute atomic E-state index is 12.2. The van der Waals surface area contributed by atoms with Crippen LogP contribution in [0.5, 0.6) is 5.75 Å². The number of benzene rings is 2. The number of rotatable bonds is 6. The number of methoxy groups -OCH3 is 1. The van der Waals surface area contributed by atoms with Crippen LogP contribution in [0.2, 0.25) is 0 Å². The first-order valence-electron chi connectivity index (χ1n) is 7.93. The molecule has 1 N–H and O–H groups in total. The highest BCUT2D eigenvalue weighted by molar-refractivity contribution is 7.90. The van der Waals surface area contributed by atoms with E-state index in [1.807, 2.05) is 32.0 Å². The summed E-state index contributed by atoms with van der Waals surface area (Å²) in [6, 6.07) is 12.0. The lowest BCUT2D eigenvalue weighted by Gasteiger charge is -2.15. The van der Waals surface area contributed by atoms with Crippen molar-refractivity contribution in [3.63, 3.8) is 0 Å². The monoisotopic (exact) mass is 361 g/mol. The lowest BCUT2D eigenvalue weighted by molar-refractivity contribution is -0.121. The Morgan fingerprint density at radius 2 is 1.80 bits per heavy atom. The van der Waals surface area contributed by atoms with Gasteiger partial charge in [-0.2, -0.15) is 0 Å². The van der Waals surface area contributed by atoms with Gasteiger partial charge in [-0.25, -0.2) is 8.42 Å². The molecule has 0 spiro atoms. The maximum Gasteiger partial charge on any atom is 0.224 e. The van der Waals surface area contributed by atoms with E-state index < -0.39 is 9.84 Å². The highest BCUT2D eigenvalue weighted by Crippen LogP contribution is 2.19. The molecule has 134 valence electrons. The van der Waals surface area contributed by atoms with E-state index in [1.165, 1.54) is 6.26 Å². The zero-order chi connectivity index (χ0) is 18.6. The first kappa shape index (κ1) is 19.0. The smallest absolute Gasteiger partial charge is 0.224 e. The molecular formula is C19H23NO4S. The molecule has 0 saturated heterocycles. The van der Waals surface area contributed by atoms with Crippen molar-refractivity contribution in [2.24, 2.45) is 0 Å². The minimum Gasteiger partial charge on any atom is -0.496 e. The molecule has 0 unspecified atom stereocenters. The van der Waals surface area contributed by atoms with Crippen LogP contribution in [0, 0.1) is 6.92 Å². The largest absolute Gasteiger partial charge is 0.496 e. The third-order valence-electron chi connectivity index (χ3n) is 4.01. The number of nitrogens with one attached hydrogen (secondary N) is 1. The standard InChI is InChI=1S/C19H23NO4S/c1-13-11-15(5-10-18(13)24-3)12-19(21)20-14(2)16-6-8-17(9-7-16)25(4,22)23/h5-11,14H,12H2,1-4H3,(H,20,21)/t14-/m0/s1. The summed E-state index contributed by atoms with van der Waals surface area (Å²) in [4.78, 5) is 12.5. The van der Waals surface area contributed by atoms with Gasteiger partial charge in [-0.15, -0.1) is 0 Å². The first-order chi connectivity index (χ1) is 11.7. The lowest BCUT2D eigenvalue weighted by Crippen LogP contribution is -2.28. The molecule has 0 aromatic heterocycles. The molecule has 0 aliphatic heterocycles. The molecule has 0 aliphatic carbocycles. The normalized spacial score (nSPS) is 12.5. The van der Waals surface area contributed by atoms with Crippen molar-refractivity contribution in [1.82, 2.24) is 5.32 Å². The average Bonchev–Trinajstić information content (AvgIpc) is 2.54. The molecule has 0 fully saturated rings. The Bertz CT molecular complexity index is 857. The Morgan fingerprint density at radius 1 is 1.16 bits per heavy atom. The molecule has 1 atom stereocenters. The van der Waals surface area contributed by atoms with Crippen LogP contribution in [-0.4, -0.2) is 27.7 Å².